The first-order valence-corrected chi connectivity index (χ1v) is 9.62. The second kappa shape index (κ2) is 7.53. The van der Waals surface area contributed by atoms with Gasteiger partial charge in [-0.25, -0.2) is 0 Å². The van der Waals surface area contributed by atoms with Crippen molar-refractivity contribution in [2.24, 2.45) is 10.4 Å². The minimum atomic E-state index is -0.0605. The Hall–Kier alpha value is -2.66. The molecule has 2 aromatic carbocycles. The van der Waals surface area contributed by atoms with E-state index in [1.165, 1.54) is 12.5 Å². The van der Waals surface area contributed by atoms with E-state index in [0.29, 0.717) is 6.54 Å². The topological polar surface area (TPSA) is 65.5 Å². The van der Waals surface area contributed by atoms with Gasteiger partial charge in [-0.05, 0) is 55.6 Å². The van der Waals surface area contributed by atoms with Crippen molar-refractivity contribution in [1.29, 1.82) is 0 Å². The standard InChI is InChI=1S/C22H26N4O/c1-16(27)25-20-9-5-3-7-18(20)15-24-21-22(10-12-23-13-11-22)14-17-6-2-4-8-19(17)26-21/h2-9,23H,10-15H2,1H3,(H,24,26)(H,25,27). The molecule has 4 rings (SSSR count). The molecule has 1 amide bonds. The van der Waals surface area contributed by atoms with E-state index in [2.05, 4.69) is 40.2 Å². The van der Waals surface area contributed by atoms with Gasteiger partial charge in [0.2, 0.25) is 5.91 Å². The molecule has 0 saturated carbocycles. The number of hydrogen-bond acceptors (Lipinski definition) is 3. The smallest absolute Gasteiger partial charge is 0.221 e. The van der Waals surface area contributed by atoms with E-state index >= 15 is 0 Å². The highest BCUT2D eigenvalue weighted by Gasteiger charge is 2.40. The maximum Gasteiger partial charge on any atom is 0.221 e. The number of fused-ring (bicyclic) bond motifs is 1. The summed E-state index contributed by atoms with van der Waals surface area (Å²) in [5.74, 6) is 1.02. The van der Waals surface area contributed by atoms with Gasteiger partial charge in [-0.15, -0.1) is 0 Å². The Labute approximate surface area is 160 Å². The average Bonchev–Trinajstić information content (AvgIpc) is 2.67. The fraction of sp³-hybridized carbons (Fsp3) is 0.364. The molecule has 27 heavy (non-hydrogen) atoms. The lowest BCUT2D eigenvalue weighted by Crippen LogP contribution is -2.48. The fourth-order valence-electron chi connectivity index (χ4n) is 4.16. The van der Waals surface area contributed by atoms with E-state index in [-0.39, 0.29) is 11.3 Å². The number of carbonyl (C=O) groups is 1. The van der Waals surface area contributed by atoms with Gasteiger partial charge >= 0.3 is 0 Å². The van der Waals surface area contributed by atoms with Crippen LogP contribution >= 0.6 is 0 Å². The minimum absolute atomic E-state index is 0.0605. The molecule has 2 aliphatic rings. The molecule has 0 aliphatic carbocycles. The number of para-hydroxylation sites is 2. The van der Waals surface area contributed by atoms with Crippen LogP contribution in [0.2, 0.25) is 0 Å². The molecule has 1 spiro atoms. The van der Waals surface area contributed by atoms with E-state index in [0.717, 1.165) is 55.1 Å². The molecule has 2 heterocycles. The number of amidine groups is 1. The number of nitrogens with one attached hydrogen (secondary N) is 3. The number of benzene rings is 2. The van der Waals surface area contributed by atoms with Crippen molar-refractivity contribution in [1.82, 2.24) is 5.32 Å². The summed E-state index contributed by atoms with van der Waals surface area (Å²) >= 11 is 0. The number of aliphatic imine (C=N–C) groups is 1. The van der Waals surface area contributed by atoms with Crippen molar-refractivity contribution < 1.29 is 4.79 Å². The normalized spacial score (nSPS) is 19.4. The molecule has 1 fully saturated rings. The Bertz CT molecular complexity index is 868. The zero-order chi connectivity index (χ0) is 18.7. The highest BCUT2D eigenvalue weighted by Crippen LogP contribution is 2.41. The highest BCUT2D eigenvalue weighted by molar-refractivity contribution is 6.02. The van der Waals surface area contributed by atoms with E-state index in [4.69, 9.17) is 4.99 Å². The van der Waals surface area contributed by atoms with Gasteiger partial charge in [-0.1, -0.05) is 36.4 Å². The van der Waals surface area contributed by atoms with Gasteiger partial charge in [0.15, 0.2) is 0 Å². The van der Waals surface area contributed by atoms with E-state index in [9.17, 15) is 4.79 Å². The number of amides is 1. The molecule has 3 N–H and O–H groups in total. The van der Waals surface area contributed by atoms with Crippen LogP contribution in [0.1, 0.15) is 30.9 Å². The molecule has 1 saturated heterocycles. The predicted molar refractivity (Wildman–Crippen MR) is 110 cm³/mol. The summed E-state index contributed by atoms with van der Waals surface area (Å²) in [6.45, 7) is 4.12. The van der Waals surface area contributed by atoms with Crippen molar-refractivity contribution in [3.8, 4) is 0 Å². The zero-order valence-electron chi connectivity index (χ0n) is 15.7. The van der Waals surface area contributed by atoms with Gasteiger partial charge in [0.25, 0.3) is 0 Å². The molecule has 0 unspecified atom stereocenters. The van der Waals surface area contributed by atoms with Crippen LogP contribution in [0.3, 0.4) is 0 Å². The van der Waals surface area contributed by atoms with Crippen molar-refractivity contribution in [2.45, 2.75) is 32.7 Å². The van der Waals surface area contributed by atoms with Crippen molar-refractivity contribution in [3.05, 3.63) is 59.7 Å². The lowest BCUT2D eigenvalue weighted by Gasteiger charge is -2.42. The Morgan fingerprint density at radius 3 is 2.67 bits per heavy atom. The van der Waals surface area contributed by atoms with Crippen LogP contribution in [-0.2, 0) is 17.8 Å². The second-order valence-corrected chi connectivity index (χ2v) is 7.49. The highest BCUT2D eigenvalue weighted by atomic mass is 16.1. The molecular weight excluding hydrogens is 336 g/mol. The van der Waals surface area contributed by atoms with Crippen molar-refractivity contribution >= 4 is 23.1 Å². The monoisotopic (exact) mass is 362 g/mol. The molecule has 5 nitrogen and oxygen atoms in total. The number of piperidine rings is 1. The molecule has 0 aromatic heterocycles. The first-order chi connectivity index (χ1) is 13.2. The molecule has 2 aliphatic heterocycles. The van der Waals surface area contributed by atoms with Crippen molar-refractivity contribution in [3.63, 3.8) is 0 Å². The number of carbonyl (C=O) groups excluding carboxylic acids is 1. The van der Waals surface area contributed by atoms with Crippen LogP contribution in [0.25, 0.3) is 0 Å². The third-order valence-corrected chi connectivity index (χ3v) is 5.60. The second-order valence-electron chi connectivity index (χ2n) is 7.49. The molecular formula is C22H26N4O. The summed E-state index contributed by atoms with van der Waals surface area (Å²) < 4.78 is 0. The molecule has 2 aromatic rings. The van der Waals surface area contributed by atoms with Gasteiger partial charge < -0.3 is 16.0 Å². The number of anilines is 2. The third kappa shape index (κ3) is 3.74. The minimum Gasteiger partial charge on any atom is -0.343 e. The summed E-state index contributed by atoms with van der Waals surface area (Å²) in [7, 11) is 0. The Morgan fingerprint density at radius 1 is 1.11 bits per heavy atom. The van der Waals surface area contributed by atoms with Crippen LogP contribution in [0, 0.1) is 5.41 Å². The average molecular weight is 362 g/mol. The lowest BCUT2D eigenvalue weighted by molar-refractivity contribution is -0.114. The maximum atomic E-state index is 11.5. The Morgan fingerprint density at radius 2 is 1.85 bits per heavy atom. The number of nitrogens with zero attached hydrogens (tertiary/aromatic N) is 1. The fourth-order valence-corrected chi connectivity index (χ4v) is 4.16. The van der Waals surface area contributed by atoms with Gasteiger partial charge in [-0.2, -0.15) is 0 Å². The van der Waals surface area contributed by atoms with E-state index in [1.807, 2.05) is 24.3 Å². The predicted octanol–water partition coefficient (Wildman–Crippen LogP) is 3.58. The first-order valence-electron chi connectivity index (χ1n) is 9.62. The van der Waals surface area contributed by atoms with Crippen LogP contribution in [-0.4, -0.2) is 24.8 Å². The Balaban J connectivity index is 1.65. The summed E-state index contributed by atoms with van der Waals surface area (Å²) in [5, 5.41) is 10.0. The molecule has 0 radical (unpaired) electrons. The van der Waals surface area contributed by atoms with E-state index < -0.39 is 0 Å². The molecule has 5 heteroatoms. The lowest BCUT2D eigenvalue weighted by atomic mass is 9.71. The van der Waals surface area contributed by atoms with Crippen LogP contribution in [0.15, 0.2) is 53.5 Å². The summed E-state index contributed by atoms with van der Waals surface area (Å²) in [6.07, 6.45) is 3.20. The van der Waals surface area contributed by atoms with Crippen LogP contribution in [0.5, 0.6) is 0 Å². The number of rotatable bonds is 3. The van der Waals surface area contributed by atoms with Gasteiger partial charge in [-0.3, -0.25) is 9.79 Å². The maximum absolute atomic E-state index is 11.5. The SMILES string of the molecule is CC(=O)Nc1ccccc1CN=C1Nc2ccccc2CC12CCNCC2. The summed E-state index contributed by atoms with van der Waals surface area (Å²) in [5.41, 5.74) is 4.48. The summed E-state index contributed by atoms with van der Waals surface area (Å²) in [4.78, 5) is 16.5. The van der Waals surface area contributed by atoms with E-state index in [1.54, 1.807) is 0 Å². The quantitative estimate of drug-likeness (QED) is 0.782. The van der Waals surface area contributed by atoms with Crippen LogP contribution < -0.4 is 16.0 Å². The van der Waals surface area contributed by atoms with Crippen LogP contribution in [0.4, 0.5) is 11.4 Å². The zero-order valence-corrected chi connectivity index (χ0v) is 15.7. The summed E-state index contributed by atoms with van der Waals surface area (Å²) in [6, 6.07) is 16.4. The van der Waals surface area contributed by atoms with Crippen molar-refractivity contribution in [2.75, 3.05) is 23.7 Å². The van der Waals surface area contributed by atoms with Gasteiger partial charge in [0.1, 0.15) is 5.84 Å². The molecule has 140 valence electrons. The van der Waals surface area contributed by atoms with Gasteiger partial charge in [0.05, 0.1) is 6.54 Å². The van der Waals surface area contributed by atoms with Gasteiger partial charge in [0, 0.05) is 23.7 Å². The molecule has 0 atom stereocenters. The first kappa shape index (κ1) is 17.7. The largest absolute Gasteiger partial charge is 0.343 e. The number of hydrogen-bond donors (Lipinski definition) is 3. The Kier molecular flexibility index (Phi) is 4.94. The molecule has 0 bridgehead atoms. The third-order valence-electron chi connectivity index (χ3n) is 5.60.